The van der Waals surface area contributed by atoms with E-state index in [1.54, 1.807) is 0 Å². The summed E-state index contributed by atoms with van der Waals surface area (Å²) >= 11 is 0. The number of hydrogen-bond acceptors (Lipinski definition) is 6. The van der Waals surface area contributed by atoms with Gasteiger partial charge in [0.1, 0.15) is 5.82 Å². The van der Waals surface area contributed by atoms with Gasteiger partial charge < -0.3 is 14.9 Å². The number of benzene rings is 2. The topological polar surface area (TPSA) is 103 Å². The molecule has 1 saturated heterocycles. The van der Waals surface area contributed by atoms with Gasteiger partial charge in [-0.25, -0.2) is 22.6 Å². The van der Waals surface area contributed by atoms with E-state index in [1.165, 1.54) is 24.4 Å². The molecule has 0 radical (unpaired) electrons. The van der Waals surface area contributed by atoms with Crippen molar-refractivity contribution in [3.8, 4) is 0 Å². The average Bonchev–Trinajstić information content (AvgIpc) is 2.78. The Labute approximate surface area is 197 Å². The number of carboxylic acid groups (broad SMARTS) is 1. The monoisotopic (exact) mass is 484 g/mol. The van der Waals surface area contributed by atoms with Gasteiger partial charge in [0.15, 0.2) is 5.82 Å². The van der Waals surface area contributed by atoms with Crippen LogP contribution < -0.4 is 14.5 Å². The van der Waals surface area contributed by atoms with E-state index in [4.69, 9.17) is 0 Å². The summed E-state index contributed by atoms with van der Waals surface area (Å²) in [5.41, 5.74) is 2.13. The van der Waals surface area contributed by atoms with E-state index in [9.17, 15) is 22.7 Å². The molecule has 1 aliphatic heterocycles. The number of halogens is 1. The van der Waals surface area contributed by atoms with Gasteiger partial charge in [0.2, 0.25) is 0 Å². The molecule has 1 aliphatic rings. The summed E-state index contributed by atoms with van der Waals surface area (Å²) in [5, 5.41) is 9.40. The van der Waals surface area contributed by atoms with E-state index in [0.29, 0.717) is 25.5 Å². The lowest BCUT2D eigenvalue weighted by atomic mass is 10.1. The molecule has 0 bridgehead atoms. The molecule has 0 amide bonds. The highest BCUT2D eigenvalue weighted by molar-refractivity contribution is 7.92. The Morgan fingerprint density at radius 3 is 2.59 bits per heavy atom. The zero-order valence-corrected chi connectivity index (χ0v) is 19.6. The third kappa shape index (κ3) is 4.96. The molecular weight excluding hydrogens is 459 g/mol. The summed E-state index contributed by atoms with van der Waals surface area (Å²) in [7, 11) is -4.17. The van der Waals surface area contributed by atoms with Crippen LogP contribution in [0.4, 0.5) is 21.6 Å². The molecule has 1 aromatic heterocycles. The average molecular weight is 485 g/mol. The molecule has 34 heavy (non-hydrogen) atoms. The fourth-order valence-corrected chi connectivity index (χ4v) is 5.16. The summed E-state index contributed by atoms with van der Waals surface area (Å²) < 4.78 is 41.9. The van der Waals surface area contributed by atoms with Crippen LogP contribution in [0.15, 0.2) is 65.7 Å². The van der Waals surface area contributed by atoms with Crippen molar-refractivity contribution in [3.05, 3.63) is 77.7 Å². The van der Waals surface area contributed by atoms with Crippen LogP contribution in [-0.2, 0) is 10.0 Å². The van der Waals surface area contributed by atoms with E-state index < -0.39 is 21.8 Å². The third-order valence-corrected chi connectivity index (χ3v) is 7.09. The number of nitrogens with one attached hydrogen (secondary N) is 1. The highest BCUT2D eigenvalue weighted by Crippen LogP contribution is 2.30. The van der Waals surface area contributed by atoms with Crippen LogP contribution in [0.1, 0.15) is 22.8 Å². The fraction of sp³-hybridized carbons (Fsp3) is 0.250. The quantitative estimate of drug-likeness (QED) is 0.549. The van der Waals surface area contributed by atoms with E-state index in [2.05, 4.69) is 33.7 Å². The van der Waals surface area contributed by atoms with Gasteiger partial charge in [-0.15, -0.1) is 0 Å². The number of piperazine rings is 1. The lowest BCUT2D eigenvalue weighted by Gasteiger charge is -2.42. The van der Waals surface area contributed by atoms with Crippen LogP contribution in [0, 0.1) is 12.7 Å². The van der Waals surface area contributed by atoms with Gasteiger partial charge in [0, 0.05) is 37.6 Å². The Kier molecular flexibility index (Phi) is 6.43. The predicted octanol–water partition coefficient (Wildman–Crippen LogP) is 3.74. The maximum Gasteiger partial charge on any atom is 0.337 e. The molecule has 2 heterocycles. The minimum absolute atomic E-state index is 0.0281. The van der Waals surface area contributed by atoms with Gasteiger partial charge in [-0.05, 0) is 55.8 Å². The smallest absolute Gasteiger partial charge is 0.337 e. The van der Waals surface area contributed by atoms with E-state index in [0.717, 1.165) is 23.4 Å². The summed E-state index contributed by atoms with van der Waals surface area (Å²) in [5.74, 6) is -1.61. The van der Waals surface area contributed by atoms with Crippen LogP contribution in [0.3, 0.4) is 0 Å². The highest BCUT2D eigenvalue weighted by Gasteiger charge is 2.28. The number of nitrogens with zero attached hydrogens (tertiary/aromatic N) is 3. The van der Waals surface area contributed by atoms with Crippen molar-refractivity contribution in [2.75, 3.05) is 34.2 Å². The first kappa shape index (κ1) is 23.5. The Morgan fingerprint density at radius 1 is 1.15 bits per heavy atom. The second-order valence-electron chi connectivity index (χ2n) is 8.29. The minimum Gasteiger partial charge on any atom is -0.478 e. The Hall–Kier alpha value is -3.66. The Morgan fingerprint density at radius 2 is 1.91 bits per heavy atom. The maximum absolute atomic E-state index is 13.6. The van der Waals surface area contributed by atoms with Crippen LogP contribution in [0.2, 0.25) is 0 Å². The Balaban J connectivity index is 1.64. The molecular formula is C24H25FN4O4S. The van der Waals surface area contributed by atoms with Gasteiger partial charge in [-0.3, -0.25) is 4.72 Å². The predicted molar refractivity (Wildman–Crippen MR) is 129 cm³/mol. The number of sulfonamides is 1. The summed E-state index contributed by atoms with van der Waals surface area (Å²) in [6, 6.07) is 14.1. The molecule has 0 aliphatic carbocycles. The van der Waals surface area contributed by atoms with Crippen molar-refractivity contribution in [1.29, 1.82) is 0 Å². The van der Waals surface area contributed by atoms with E-state index in [-0.39, 0.29) is 22.2 Å². The summed E-state index contributed by atoms with van der Waals surface area (Å²) in [4.78, 5) is 19.7. The first-order valence-electron chi connectivity index (χ1n) is 10.7. The number of anilines is 3. The summed E-state index contributed by atoms with van der Waals surface area (Å²) in [6.07, 6.45) is 1.20. The van der Waals surface area contributed by atoms with Crippen molar-refractivity contribution in [2.45, 2.75) is 24.8 Å². The normalized spacial score (nSPS) is 16.4. The standard InChI is InChI=1S/C24H25FN4O4S/c1-16-5-3-7-20(11-16)29-10-9-28(15-17(29)2)23-22(12-18(14-26-23)24(30)31)27-34(32,33)21-8-4-6-19(25)13-21/h3-8,11-14,17,27H,9-10,15H2,1-2H3,(H,30,31)/t17-/m1/s1. The van der Waals surface area contributed by atoms with Crippen molar-refractivity contribution in [2.24, 2.45) is 0 Å². The molecule has 2 aromatic carbocycles. The minimum atomic E-state index is -4.17. The van der Waals surface area contributed by atoms with Gasteiger partial charge >= 0.3 is 5.97 Å². The molecule has 0 saturated carbocycles. The largest absolute Gasteiger partial charge is 0.478 e. The molecule has 4 rings (SSSR count). The first-order valence-corrected chi connectivity index (χ1v) is 12.2. The highest BCUT2D eigenvalue weighted by atomic mass is 32.2. The van der Waals surface area contributed by atoms with Gasteiger partial charge in [0.25, 0.3) is 10.0 Å². The fourth-order valence-electron chi connectivity index (χ4n) is 4.08. The van der Waals surface area contributed by atoms with Crippen LogP contribution in [0.5, 0.6) is 0 Å². The van der Waals surface area contributed by atoms with Crippen LogP contribution in [0.25, 0.3) is 0 Å². The molecule has 0 spiro atoms. The molecule has 1 atom stereocenters. The van der Waals surface area contributed by atoms with Crippen LogP contribution >= 0.6 is 0 Å². The molecule has 2 N–H and O–H groups in total. The van der Waals surface area contributed by atoms with Crippen molar-refractivity contribution in [3.63, 3.8) is 0 Å². The molecule has 0 unspecified atom stereocenters. The molecule has 8 nitrogen and oxygen atoms in total. The lowest BCUT2D eigenvalue weighted by molar-refractivity contribution is 0.0696. The number of pyridine rings is 1. The van der Waals surface area contributed by atoms with Gasteiger partial charge in [-0.1, -0.05) is 18.2 Å². The number of carbonyl (C=O) groups is 1. The number of carboxylic acids is 1. The number of aromatic carboxylic acids is 1. The summed E-state index contributed by atoms with van der Waals surface area (Å²) in [6.45, 7) is 5.86. The molecule has 178 valence electrons. The number of rotatable bonds is 6. The third-order valence-electron chi connectivity index (χ3n) is 5.72. The second kappa shape index (κ2) is 9.30. The van der Waals surface area contributed by atoms with Crippen molar-refractivity contribution in [1.82, 2.24) is 4.98 Å². The zero-order chi connectivity index (χ0) is 24.5. The Bertz CT molecular complexity index is 1330. The number of aromatic nitrogens is 1. The molecule has 3 aromatic rings. The SMILES string of the molecule is Cc1cccc(N2CCN(c3ncc(C(=O)O)cc3NS(=O)(=O)c3cccc(F)c3)C[C@H]2C)c1. The number of hydrogen-bond donors (Lipinski definition) is 2. The molecule has 10 heteroatoms. The maximum atomic E-state index is 13.6. The van der Waals surface area contributed by atoms with E-state index in [1.807, 2.05) is 24.0 Å². The van der Waals surface area contributed by atoms with Crippen LogP contribution in [-0.4, -0.2) is 50.2 Å². The second-order valence-corrected chi connectivity index (χ2v) is 9.97. The number of aryl methyl sites for hydroxylation is 1. The first-order chi connectivity index (χ1) is 16.1. The van der Waals surface area contributed by atoms with Gasteiger partial charge in [-0.2, -0.15) is 0 Å². The van der Waals surface area contributed by atoms with Gasteiger partial charge in [0.05, 0.1) is 16.1 Å². The lowest BCUT2D eigenvalue weighted by Crippen LogP contribution is -2.52. The van der Waals surface area contributed by atoms with Crippen molar-refractivity contribution >= 4 is 33.2 Å². The van der Waals surface area contributed by atoms with E-state index >= 15 is 0 Å². The molecule has 1 fully saturated rings. The zero-order valence-electron chi connectivity index (χ0n) is 18.8. The van der Waals surface area contributed by atoms with Crippen molar-refractivity contribution < 1.29 is 22.7 Å².